The lowest BCUT2D eigenvalue weighted by Gasteiger charge is -2.38. The molecule has 0 heterocycles. The minimum absolute atomic E-state index is 0.294. The van der Waals surface area contributed by atoms with Gasteiger partial charge in [0.1, 0.15) is 0 Å². The number of benzene rings is 2. The van der Waals surface area contributed by atoms with E-state index in [0.29, 0.717) is 15.0 Å². The normalized spacial score (nSPS) is 24.5. The summed E-state index contributed by atoms with van der Waals surface area (Å²) in [6, 6.07) is 22.4. The molecular weight excluding hydrogens is 312 g/mol. The molecule has 0 amide bonds. The molecule has 1 aliphatic carbocycles. The topological polar surface area (TPSA) is 0 Å². The smallest absolute Gasteiger partial charge is 0.0983 e. The maximum atomic E-state index is 2.57. The fraction of sp³-hybridized carbons (Fsp3) is 0.429. The van der Waals surface area contributed by atoms with Crippen LogP contribution in [0.4, 0.5) is 0 Å². The molecule has 23 heavy (non-hydrogen) atoms. The fourth-order valence-corrected chi connectivity index (χ4v) is 11.1. The van der Waals surface area contributed by atoms with Gasteiger partial charge in [0.25, 0.3) is 0 Å². The molecule has 0 saturated heterocycles. The third-order valence-electron chi connectivity index (χ3n) is 5.15. The van der Waals surface area contributed by atoms with E-state index in [1.54, 1.807) is 5.19 Å². The van der Waals surface area contributed by atoms with Crippen LogP contribution in [0.2, 0.25) is 13.1 Å². The van der Waals surface area contributed by atoms with Crippen molar-refractivity contribution in [2.24, 2.45) is 0 Å². The molecule has 1 aliphatic rings. The Morgan fingerprint density at radius 2 is 1.43 bits per heavy atom. The molecule has 1 unspecified atom stereocenters. The molecule has 0 aromatic heterocycles. The first-order chi connectivity index (χ1) is 10.8. The summed E-state index contributed by atoms with van der Waals surface area (Å²) in [6.45, 7) is 12.3. The van der Waals surface area contributed by atoms with Crippen molar-refractivity contribution in [3.63, 3.8) is 0 Å². The van der Waals surface area contributed by atoms with Gasteiger partial charge in [-0.2, -0.15) is 11.8 Å². The Morgan fingerprint density at radius 3 is 1.96 bits per heavy atom. The van der Waals surface area contributed by atoms with Crippen LogP contribution in [0.5, 0.6) is 0 Å². The largest absolute Gasteiger partial charge is 0.151 e. The molecule has 0 bridgehead atoms. The lowest BCUT2D eigenvalue weighted by atomic mass is 10.1. The Balaban J connectivity index is 2.01. The summed E-state index contributed by atoms with van der Waals surface area (Å²) in [5, 5.41) is 1.59. The summed E-state index contributed by atoms with van der Waals surface area (Å²) < 4.78 is 0.705. The second-order valence-corrected chi connectivity index (χ2v) is 15.5. The van der Waals surface area contributed by atoms with Gasteiger partial charge in [-0.3, -0.25) is 0 Å². The maximum Gasteiger partial charge on any atom is 0.0983 e. The lowest BCUT2D eigenvalue weighted by Crippen LogP contribution is -2.55. The lowest BCUT2D eigenvalue weighted by molar-refractivity contribution is 0.797. The molecule has 0 radical (unpaired) electrons. The molecule has 3 rings (SSSR count). The van der Waals surface area contributed by atoms with E-state index >= 15 is 0 Å². The van der Waals surface area contributed by atoms with Gasteiger partial charge in [-0.15, -0.1) is 0 Å². The van der Waals surface area contributed by atoms with Crippen LogP contribution < -0.4 is 5.19 Å². The zero-order valence-electron chi connectivity index (χ0n) is 15.0. The van der Waals surface area contributed by atoms with Crippen molar-refractivity contribution in [1.29, 1.82) is 0 Å². The number of rotatable bonds is 4. The SMILES string of the molecule is CC(C)(C)S[C@]1([Si](C)(C)c2ccccc2)CC1c1ccccc1. The number of hydrogen-bond donors (Lipinski definition) is 0. The van der Waals surface area contributed by atoms with Crippen molar-refractivity contribution in [3.8, 4) is 0 Å². The standard InChI is InChI=1S/C21H28SSi/c1-20(2,3)22-21(16-19(21)17-12-8-6-9-13-17)23(4,5)18-14-10-7-11-15-18/h6-15,19H,16H2,1-5H3/t19?,21-/m0/s1. The number of hydrogen-bond acceptors (Lipinski definition) is 1. The van der Waals surface area contributed by atoms with E-state index in [-0.39, 0.29) is 0 Å². The first kappa shape index (κ1) is 16.9. The van der Waals surface area contributed by atoms with E-state index in [0.717, 1.165) is 0 Å². The summed E-state index contributed by atoms with van der Waals surface area (Å²) in [5.74, 6) is 0.704. The summed E-state index contributed by atoms with van der Waals surface area (Å²) in [4.78, 5) is 0. The van der Waals surface area contributed by atoms with Crippen LogP contribution >= 0.6 is 11.8 Å². The van der Waals surface area contributed by atoms with Crippen molar-refractivity contribution >= 4 is 25.0 Å². The molecular formula is C21H28SSi. The van der Waals surface area contributed by atoms with E-state index < -0.39 is 8.07 Å². The molecule has 0 nitrogen and oxygen atoms in total. The van der Waals surface area contributed by atoms with Crippen LogP contribution in [-0.2, 0) is 0 Å². The third kappa shape index (κ3) is 3.16. The molecule has 0 N–H and O–H groups in total. The van der Waals surface area contributed by atoms with Crippen molar-refractivity contribution in [1.82, 2.24) is 0 Å². The van der Waals surface area contributed by atoms with E-state index in [1.807, 2.05) is 0 Å². The van der Waals surface area contributed by atoms with Gasteiger partial charge >= 0.3 is 0 Å². The van der Waals surface area contributed by atoms with Crippen molar-refractivity contribution in [2.75, 3.05) is 0 Å². The van der Waals surface area contributed by atoms with Gasteiger partial charge < -0.3 is 0 Å². The Labute approximate surface area is 146 Å². The Bertz CT molecular complexity index is 657. The molecule has 0 aliphatic heterocycles. The van der Waals surface area contributed by atoms with Crippen LogP contribution in [0.3, 0.4) is 0 Å². The van der Waals surface area contributed by atoms with Gasteiger partial charge in [0.05, 0.1) is 8.07 Å². The number of thioether (sulfide) groups is 1. The molecule has 1 saturated carbocycles. The summed E-state index contributed by atoms with van der Waals surface area (Å²) in [6.07, 6.45) is 1.33. The van der Waals surface area contributed by atoms with E-state index in [2.05, 4.69) is 106 Å². The molecule has 0 spiro atoms. The molecule has 2 aromatic rings. The predicted octanol–water partition coefficient (Wildman–Crippen LogP) is 5.60. The zero-order chi connectivity index (χ0) is 16.7. The van der Waals surface area contributed by atoms with Crippen LogP contribution in [-0.4, -0.2) is 17.2 Å². The zero-order valence-corrected chi connectivity index (χ0v) is 16.8. The van der Waals surface area contributed by atoms with E-state index in [4.69, 9.17) is 0 Å². The van der Waals surface area contributed by atoms with Gasteiger partial charge in [-0.1, -0.05) is 99.7 Å². The highest BCUT2D eigenvalue weighted by atomic mass is 32.2. The minimum atomic E-state index is -1.59. The minimum Gasteiger partial charge on any atom is -0.151 e. The van der Waals surface area contributed by atoms with Gasteiger partial charge in [-0.05, 0) is 17.9 Å². The average molecular weight is 341 g/mol. The van der Waals surface area contributed by atoms with E-state index in [9.17, 15) is 0 Å². The molecule has 122 valence electrons. The highest BCUT2D eigenvalue weighted by Crippen LogP contribution is 2.67. The Kier molecular flexibility index (Phi) is 4.26. The van der Waals surface area contributed by atoms with Gasteiger partial charge in [0.15, 0.2) is 0 Å². The summed E-state index contributed by atoms with van der Waals surface area (Å²) in [7, 11) is -1.59. The maximum absolute atomic E-state index is 2.57. The first-order valence-electron chi connectivity index (χ1n) is 8.57. The second-order valence-electron chi connectivity index (χ2n) is 8.26. The second kappa shape index (κ2) is 5.82. The highest BCUT2D eigenvalue weighted by molar-refractivity contribution is 8.04. The van der Waals surface area contributed by atoms with Crippen LogP contribution in [0, 0.1) is 0 Å². The predicted molar refractivity (Wildman–Crippen MR) is 107 cm³/mol. The third-order valence-corrected chi connectivity index (χ3v) is 12.9. The summed E-state index contributed by atoms with van der Waals surface area (Å²) in [5.41, 5.74) is 1.53. The highest BCUT2D eigenvalue weighted by Gasteiger charge is 2.66. The molecule has 1 fully saturated rings. The van der Waals surface area contributed by atoms with Crippen LogP contribution in [0.15, 0.2) is 60.7 Å². The summed E-state index contributed by atoms with van der Waals surface area (Å²) >= 11 is 2.24. The molecule has 2 aromatic carbocycles. The molecule has 2 heteroatoms. The fourth-order valence-electron chi connectivity index (χ4n) is 3.89. The van der Waals surface area contributed by atoms with Gasteiger partial charge in [0.2, 0.25) is 0 Å². The van der Waals surface area contributed by atoms with Crippen molar-refractivity contribution in [3.05, 3.63) is 66.2 Å². The van der Waals surface area contributed by atoms with Crippen molar-refractivity contribution < 1.29 is 0 Å². The van der Waals surface area contributed by atoms with Gasteiger partial charge in [0, 0.05) is 9.12 Å². The monoisotopic (exact) mass is 340 g/mol. The average Bonchev–Trinajstić information content (AvgIpc) is 3.23. The molecule has 2 atom stereocenters. The van der Waals surface area contributed by atoms with Crippen LogP contribution in [0.25, 0.3) is 0 Å². The Hall–Kier alpha value is -0.993. The van der Waals surface area contributed by atoms with Crippen LogP contribution in [0.1, 0.15) is 38.7 Å². The first-order valence-corrected chi connectivity index (χ1v) is 12.4. The quantitative estimate of drug-likeness (QED) is 0.653. The van der Waals surface area contributed by atoms with Crippen molar-refractivity contribution in [2.45, 2.75) is 55.3 Å². The Morgan fingerprint density at radius 1 is 0.913 bits per heavy atom. The van der Waals surface area contributed by atoms with Gasteiger partial charge in [-0.25, -0.2) is 0 Å². The van der Waals surface area contributed by atoms with E-state index in [1.165, 1.54) is 12.0 Å².